The molecule has 0 aliphatic heterocycles. The van der Waals surface area contributed by atoms with E-state index in [-0.39, 0.29) is 11.9 Å². The van der Waals surface area contributed by atoms with Gasteiger partial charge in [0.2, 0.25) is 0 Å². The maximum absolute atomic E-state index is 12.9. The van der Waals surface area contributed by atoms with Crippen molar-refractivity contribution in [1.29, 1.82) is 0 Å². The van der Waals surface area contributed by atoms with E-state index in [9.17, 15) is 4.79 Å². The van der Waals surface area contributed by atoms with Gasteiger partial charge in [-0.1, -0.05) is 48.0 Å². The average Bonchev–Trinajstić information content (AvgIpc) is 2.55. The summed E-state index contributed by atoms with van der Waals surface area (Å²) in [7, 11) is 0. The number of hydrogen-bond acceptors (Lipinski definition) is 1. The van der Waals surface area contributed by atoms with Gasteiger partial charge in [-0.3, -0.25) is 5.32 Å². The second-order valence-corrected chi connectivity index (χ2v) is 7.30. The summed E-state index contributed by atoms with van der Waals surface area (Å²) in [6.45, 7) is 3.98. The summed E-state index contributed by atoms with van der Waals surface area (Å²) in [6, 6.07) is 16.3. The Labute approximate surface area is 142 Å². The van der Waals surface area contributed by atoms with Crippen molar-refractivity contribution in [2.24, 2.45) is 0 Å². The molecule has 0 spiro atoms. The highest BCUT2D eigenvalue weighted by atomic mass is 35.5. The number of hydrogen-bond donors (Lipinski definition) is 1. The fraction of sp³-hybridized carbons (Fsp3) is 0.350. The Kier molecular flexibility index (Phi) is 4.56. The molecule has 0 fully saturated rings. The lowest BCUT2D eigenvalue weighted by Gasteiger charge is -2.27. The molecule has 2 N–H and O–H groups in total. The van der Waals surface area contributed by atoms with Gasteiger partial charge >= 0.3 is 5.91 Å². The summed E-state index contributed by atoms with van der Waals surface area (Å²) >= 11 is 5.96. The number of nitrogens with two attached hydrogens (primary N) is 1. The SMILES string of the molecule is CC(C)(C(=O)[NH2+]C1CCCc2ccccc21)c1ccc(Cl)cc1. The lowest BCUT2D eigenvalue weighted by molar-refractivity contribution is -0.617. The van der Waals surface area contributed by atoms with Crippen molar-refractivity contribution >= 4 is 17.5 Å². The number of quaternary nitrogens is 1. The lowest BCUT2D eigenvalue weighted by atomic mass is 9.82. The average molecular weight is 329 g/mol. The van der Waals surface area contributed by atoms with Gasteiger partial charge in [0.25, 0.3) is 0 Å². The normalized spacial score (nSPS) is 17.6. The zero-order valence-corrected chi connectivity index (χ0v) is 14.4. The highest BCUT2D eigenvalue weighted by molar-refractivity contribution is 6.30. The van der Waals surface area contributed by atoms with Gasteiger partial charge in [-0.05, 0) is 49.9 Å². The van der Waals surface area contributed by atoms with Crippen LogP contribution in [0.4, 0.5) is 0 Å². The number of amides is 1. The predicted molar refractivity (Wildman–Crippen MR) is 93.5 cm³/mol. The zero-order valence-electron chi connectivity index (χ0n) is 13.7. The first kappa shape index (κ1) is 16.2. The first-order valence-electron chi connectivity index (χ1n) is 8.21. The summed E-state index contributed by atoms with van der Waals surface area (Å²) < 4.78 is 0. The first-order valence-corrected chi connectivity index (χ1v) is 8.59. The maximum Gasteiger partial charge on any atom is 0.320 e. The van der Waals surface area contributed by atoms with Gasteiger partial charge in [0, 0.05) is 17.0 Å². The molecule has 3 rings (SSSR count). The van der Waals surface area contributed by atoms with Gasteiger partial charge in [-0.25, -0.2) is 4.79 Å². The molecule has 0 heterocycles. The molecule has 1 aliphatic rings. The van der Waals surface area contributed by atoms with Crippen molar-refractivity contribution in [2.45, 2.75) is 44.6 Å². The van der Waals surface area contributed by atoms with Crippen molar-refractivity contribution < 1.29 is 10.1 Å². The van der Waals surface area contributed by atoms with E-state index in [0.29, 0.717) is 5.02 Å². The minimum absolute atomic E-state index is 0.182. The van der Waals surface area contributed by atoms with Crippen molar-refractivity contribution in [1.82, 2.24) is 0 Å². The Bertz CT molecular complexity index is 706. The van der Waals surface area contributed by atoms with E-state index in [0.717, 1.165) is 24.8 Å². The largest absolute Gasteiger partial charge is 0.320 e. The van der Waals surface area contributed by atoms with E-state index in [1.165, 1.54) is 11.1 Å². The third kappa shape index (κ3) is 3.34. The molecule has 3 heteroatoms. The number of benzene rings is 2. The van der Waals surface area contributed by atoms with Crippen molar-refractivity contribution in [2.75, 3.05) is 0 Å². The summed E-state index contributed by atoms with van der Waals surface area (Å²) in [5, 5.41) is 2.63. The Morgan fingerprint density at radius 2 is 1.83 bits per heavy atom. The fourth-order valence-corrected chi connectivity index (χ4v) is 3.49. The molecule has 0 bridgehead atoms. The van der Waals surface area contributed by atoms with Crippen LogP contribution in [0.25, 0.3) is 0 Å². The van der Waals surface area contributed by atoms with Crippen LogP contribution in [0.5, 0.6) is 0 Å². The Morgan fingerprint density at radius 1 is 1.13 bits per heavy atom. The van der Waals surface area contributed by atoms with Crippen LogP contribution in [-0.4, -0.2) is 5.91 Å². The number of fused-ring (bicyclic) bond motifs is 1. The summed E-state index contributed by atoms with van der Waals surface area (Å²) in [6.07, 6.45) is 3.32. The molecule has 2 nitrogen and oxygen atoms in total. The van der Waals surface area contributed by atoms with E-state index in [1.807, 2.05) is 43.4 Å². The molecule has 1 unspecified atom stereocenters. The fourth-order valence-electron chi connectivity index (χ4n) is 3.36. The van der Waals surface area contributed by atoms with E-state index < -0.39 is 5.41 Å². The van der Waals surface area contributed by atoms with E-state index in [2.05, 4.69) is 24.3 Å². The zero-order chi connectivity index (χ0) is 16.4. The van der Waals surface area contributed by atoms with Gasteiger partial charge in [0.1, 0.15) is 11.5 Å². The minimum Gasteiger partial charge on any atom is -0.276 e. The molecular weight excluding hydrogens is 306 g/mol. The molecule has 23 heavy (non-hydrogen) atoms. The third-order valence-corrected chi connectivity index (χ3v) is 5.20. The number of halogens is 1. The van der Waals surface area contributed by atoms with Crippen molar-refractivity contribution in [3.8, 4) is 0 Å². The van der Waals surface area contributed by atoms with E-state index >= 15 is 0 Å². The first-order chi connectivity index (χ1) is 11.0. The molecule has 1 aliphatic carbocycles. The molecule has 1 atom stereocenters. The van der Waals surface area contributed by atoms with Gasteiger partial charge in [0.05, 0.1) is 0 Å². The number of primary amides is 1. The number of aryl methyl sites for hydroxylation is 1. The molecule has 0 aromatic heterocycles. The van der Waals surface area contributed by atoms with Crippen molar-refractivity contribution in [3.05, 3.63) is 70.2 Å². The van der Waals surface area contributed by atoms with Crippen molar-refractivity contribution in [3.63, 3.8) is 0 Å². The van der Waals surface area contributed by atoms with Gasteiger partial charge in [-0.2, -0.15) is 0 Å². The number of carbonyl (C=O) groups is 1. The van der Waals surface area contributed by atoms with Crippen LogP contribution in [0.15, 0.2) is 48.5 Å². The molecule has 0 saturated heterocycles. The third-order valence-electron chi connectivity index (χ3n) is 4.95. The monoisotopic (exact) mass is 328 g/mol. The molecule has 2 aromatic rings. The van der Waals surface area contributed by atoms with Crippen LogP contribution in [0.2, 0.25) is 5.02 Å². The molecule has 0 radical (unpaired) electrons. The predicted octanol–water partition coefficient (Wildman–Crippen LogP) is 3.79. The highest BCUT2D eigenvalue weighted by Crippen LogP contribution is 2.28. The molecule has 0 saturated carbocycles. The van der Waals surface area contributed by atoms with E-state index in [1.54, 1.807) is 0 Å². The Morgan fingerprint density at radius 3 is 2.57 bits per heavy atom. The van der Waals surface area contributed by atoms with E-state index in [4.69, 9.17) is 11.6 Å². The summed E-state index contributed by atoms with van der Waals surface area (Å²) in [4.78, 5) is 12.9. The number of rotatable bonds is 3. The van der Waals surface area contributed by atoms with Crippen LogP contribution in [0.1, 0.15) is 49.4 Å². The minimum atomic E-state index is -0.531. The maximum atomic E-state index is 12.9. The second kappa shape index (κ2) is 6.46. The van der Waals surface area contributed by atoms with Crippen LogP contribution in [-0.2, 0) is 16.6 Å². The van der Waals surface area contributed by atoms with Crippen LogP contribution < -0.4 is 5.32 Å². The van der Waals surface area contributed by atoms with Gasteiger partial charge in [0.15, 0.2) is 0 Å². The molecule has 1 amide bonds. The Hall–Kier alpha value is -1.64. The smallest absolute Gasteiger partial charge is 0.276 e. The van der Waals surface area contributed by atoms with Crippen LogP contribution in [0, 0.1) is 0 Å². The molecular formula is C20H23ClNO+. The molecule has 2 aromatic carbocycles. The van der Waals surface area contributed by atoms with Gasteiger partial charge in [-0.15, -0.1) is 0 Å². The summed E-state index contributed by atoms with van der Waals surface area (Å²) in [5.41, 5.74) is 3.18. The second-order valence-electron chi connectivity index (χ2n) is 6.86. The topological polar surface area (TPSA) is 33.7 Å². The van der Waals surface area contributed by atoms with Crippen LogP contribution in [0.3, 0.4) is 0 Å². The number of carbonyl (C=O) groups excluding carboxylic acids is 1. The standard InChI is InChI=1S/C20H22ClNO/c1-20(2,15-10-12-16(21)13-11-15)19(23)22-18-9-5-7-14-6-3-4-8-17(14)18/h3-4,6,8,10-13,18H,5,7,9H2,1-2H3,(H,22,23)/p+1. The summed E-state index contributed by atoms with van der Waals surface area (Å²) in [5.74, 6) is 0.182. The Balaban J connectivity index is 1.80. The van der Waals surface area contributed by atoms with Crippen LogP contribution >= 0.6 is 11.6 Å². The highest BCUT2D eigenvalue weighted by Gasteiger charge is 2.36. The molecule has 120 valence electrons. The van der Waals surface area contributed by atoms with Gasteiger partial charge < -0.3 is 0 Å². The lowest BCUT2D eigenvalue weighted by Crippen LogP contribution is -2.92. The quantitative estimate of drug-likeness (QED) is 0.914.